The van der Waals surface area contributed by atoms with Crippen LogP contribution in [0.2, 0.25) is 0 Å². The average molecular weight is 183 g/mol. The van der Waals surface area contributed by atoms with Gasteiger partial charge in [0, 0.05) is 16.6 Å². The van der Waals surface area contributed by atoms with Gasteiger partial charge in [0.2, 0.25) is 0 Å². The summed E-state index contributed by atoms with van der Waals surface area (Å²) in [6.45, 7) is 0. The van der Waals surface area contributed by atoms with Crippen molar-refractivity contribution >= 4 is 11.8 Å². The molecule has 0 aliphatic heterocycles. The van der Waals surface area contributed by atoms with E-state index in [4.69, 9.17) is 4.52 Å². The van der Waals surface area contributed by atoms with Crippen molar-refractivity contribution in [2.45, 2.75) is 36.7 Å². The molecule has 1 aromatic heterocycles. The SMILES string of the molecule is c1nocc1CSC1CCCC1. The molecule has 66 valence electrons. The normalized spacial score (nSPS) is 18.7. The Labute approximate surface area is 76.7 Å². The molecule has 2 nitrogen and oxygen atoms in total. The Kier molecular flexibility index (Phi) is 2.71. The Morgan fingerprint density at radius 3 is 3.00 bits per heavy atom. The van der Waals surface area contributed by atoms with Crippen molar-refractivity contribution in [2.75, 3.05) is 0 Å². The van der Waals surface area contributed by atoms with Crippen LogP contribution >= 0.6 is 11.8 Å². The van der Waals surface area contributed by atoms with E-state index in [1.54, 1.807) is 6.26 Å². The number of hydrogen-bond donors (Lipinski definition) is 0. The lowest BCUT2D eigenvalue weighted by molar-refractivity contribution is 0.419. The third kappa shape index (κ3) is 2.03. The van der Waals surface area contributed by atoms with Gasteiger partial charge in [-0.1, -0.05) is 18.0 Å². The Morgan fingerprint density at radius 1 is 1.50 bits per heavy atom. The summed E-state index contributed by atoms with van der Waals surface area (Å²) in [5.41, 5.74) is 1.21. The van der Waals surface area contributed by atoms with Gasteiger partial charge in [-0.15, -0.1) is 0 Å². The van der Waals surface area contributed by atoms with Crippen LogP contribution in [0.15, 0.2) is 17.0 Å². The van der Waals surface area contributed by atoms with Crippen LogP contribution in [-0.4, -0.2) is 10.4 Å². The highest BCUT2D eigenvalue weighted by Crippen LogP contribution is 2.31. The van der Waals surface area contributed by atoms with E-state index in [0.717, 1.165) is 11.0 Å². The van der Waals surface area contributed by atoms with Crippen molar-refractivity contribution in [3.8, 4) is 0 Å². The Balaban J connectivity index is 1.74. The first-order valence-electron chi connectivity index (χ1n) is 4.45. The molecule has 0 aromatic carbocycles. The number of hydrogen-bond acceptors (Lipinski definition) is 3. The summed E-state index contributed by atoms with van der Waals surface area (Å²) in [5.74, 6) is 1.06. The molecule has 0 atom stereocenters. The van der Waals surface area contributed by atoms with Crippen molar-refractivity contribution in [2.24, 2.45) is 0 Å². The topological polar surface area (TPSA) is 26.0 Å². The zero-order valence-corrected chi connectivity index (χ0v) is 7.85. The first kappa shape index (κ1) is 8.17. The van der Waals surface area contributed by atoms with Crippen LogP contribution in [0.3, 0.4) is 0 Å². The van der Waals surface area contributed by atoms with E-state index in [9.17, 15) is 0 Å². The second-order valence-corrected chi connectivity index (χ2v) is 4.54. The molecule has 0 spiro atoms. The van der Waals surface area contributed by atoms with Crippen molar-refractivity contribution < 1.29 is 4.52 Å². The number of aromatic nitrogens is 1. The third-order valence-electron chi connectivity index (χ3n) is 2.27. The van der Waals surface area contributed by atoms with Crippen molar-refractivity contribution in [1.82, 2.24) is 5.16 Å². The fourth-order valence-electron chi connectivity index (χ4n) is 1.57. The molecule has 1 heterocycles. The molecule has 1 aliphatic carbocycles. The summed E-state index contributed by atoms with van der Waals surface area (Å²) in [6.07, 6.45) is 9.18. The van der Waals surface area contributed by atoms with E-state index in [1.165, 1.54) is 31.2 Å². The zero-order chi connectivity index (χ0) is 8.23. The van der Waals surface area contributed by atoms with Crippen LogP contribution in [-0.2, 0) is 5.75 Å². The highest BCUT2D eigenvalue weighted by Gasteiger charge is 2.15. The molecule has 1 fully saturated rings. The summed E-state index contributed by atoms with van der Waals surface area (Å²) in [4.78, 5) is 0. The van der Waals surface area contributed by atoms with E-state index < -0.39 is 0 Å². The fourth-order valence-corrected chi connectivity index (χ4v) is 2.80. The van der Waals surface area contributed by atoms with E-state index in [1.807, 2.05) is 18.0 Å². The molecule has 0 amide bonds. The molecule has 1 saturated carbocycles. The van der Waals surface area contributed by atoms with Crippen molar-refractivity contribution in [3.05, 3.63) is 18.0 Å². The highest BCUT2D eigenvalue weighted by molar-refractivity contribution is 7.99. The summed E-state index contributed by atoms with van der Waals surface area (Å²) < 4.78 is 4.77. The molecular formula is C9H13NOS. The number of thioether (sulfide) groups is 1. The van der Waals surface area contributed by atoms with Gasteiger partial charge in [-0.05, 0) is 12.8 Å². The van der Waals surface area contributed by atoms with Crippen LogP contribution in [0.4, 0.5) is 0 Å². The molecule has 0 bridgehead atoms. The molecule has 12 heavy (non-hydrogen) atoms. The van der Waals surface area contributed by atoms with Crippen molar-refractivity contribution in [1.29, 1.82) is 0 Å². The minimum absolute atomic E-state index is 0.889. The zero-order valence-electron chi connectivity index (χ0n) is 7.03. The molecule has 0 saturated heterocycles. The quantitative estimate of drug-likeness (QED) is 0.720. The van der Waals surface area contributed by atoms with E-state index in [2.05, 4.69) is 5.16 Å². The molecular weight excluding hydrogens is 170 g/mol. The summed E-state index contributed by atoms with van der Waals surface area (Å²) in [6, 6.07) is 0. The van der Waals surface area contributed by atoms with Crippen molar-refractivity contribution in [3.63, 3.8) is 0 Å². The second-order valence-electron chi connectivity index (χ2n) is 3.25. The summed E-state index contributed by atoms with van der Waals surface area (Å²) in [7, 11) is 0. The lowest BCUT2D eigenvalue weighted by Gasteiger charge is -2.05. The Bertz CT molecular complexity index is 216. The van der Waals surface area contributed by atoms with Crippen LogP contribution in [0.25, 0.3) is 0 Å². The molecule has 2 rings (SSSR count). The standard InChI is InChI=1S/C9H13NOS/c1-2-4-9(3-1)12-7-8-5-10-11-6-8/h5-6,9H,1-4,7H2. The van der Waals surface area contributed by atoms with Gasteiger partial charge >= 0.3 is 0 Å². The van der Waals surface area contributed by atoms with Crippen LogP contribution in [0.5, 0.6) is 0 Å². The lowest BCUT2D eigenvalue weighted by atomic mass is 10.4. The molecule has 1 aliphatic rings. The maximum Gasteiger partial charge on any atom is 0.127 e. The first-order chi connectivity index (χ1) is 5.95. The smallest absolute Gasteiger partial charge is 0.127 e. The largest absolute Gasteiger partial charge is 0.364 e. The molecule has 0 radical (unpaired) electrons. The predicted molar refractivity (Wildman–Crippen MR) is 50.1 cm³/mol. The summed E-state index contributed by atoms with van der Waals surface area (Å²) >= 11 is 2.04. The van der Waals surface area contributed by atoms with Crippen LogP contribution in [0.1, 0.15) is 31.2 Å². The van der Waals surface area contributed by atoms with E-state index in [0.29, 0.717) is 0 Å². The number of rotatable bonds is 3. The lowest BCUT2D eigenvalue weighted by Crippen LogP contribution is -1.93. The first-order valence-corrected chi connectivity index (χ1v) is 5.50. The van der Waals surface area contributed by atoms with Gasteiger partial charge in [0.05, 0.1) is 6.20 Å². The van der Waals surface area contributed by atoms with Crippen LogP contribution < -0.4 is 0 Å². The monoisotopic (exact) mass is 183 g/mol. The average Bonchev–Trinajstić information content (AvgIpc) is 2.74. The Morgan fingerprint density at radius 2 is 2.33 bits per heavy atom. The van der Waals surface area contributed by atoms with Gasteiger partial charge in [0.1, 0.15) is 6.26 Å². The van der Waals surface area contributed by atoms with E-state index >= 15 is 0 Å². The second kappa shape index (κ2) is 3.99. The Hall–Kier alpha value is -0.440. The van der Waals surface area contributed by atoms with Gasteiger partial charge in [-0.3, -0.25) is 0 Å². The third-order valence-corrected chi connectivity index (χ3v) is 3.71. The van der Waals surface area contributed by atoms with E-state index in [-0.39, 0.29) is 0 Å². The molecule has 0 N–H and O–H groups in total. The predicted octanol–water partition coefficient (Wildman–Crippen LogP) is 2.85. The molecule has 1 aromatic rings. The highest BCUT2D eigenvalue weighted by atomic mass is 32.2. The van der Waals surface area contributed by atoms with Gasteiger partial charge < -0.3 is 4.52 Å². The maximum absolute atomic E-state index is 4.77. The molecule has 3 heteroatoms. The minimum atomic E-state index is 0.889. The minimum Gasteiger partial charge on any atom is -0.364 e. The summed E-state index contributed by atoms with van der Waals surface area (Å²) in [5, 5.41) is 4.57. The number of nitrogens with zero attached hydrogens (tertiary/aromatic N) is 1. The van der Waals surface area contributed by atoms with Gasteiger partial charge in [0.25, 0.3) is 0 Å². The van der Waals surface area contributed by atoms with Gasteiger partial charge in [-0.25, -0.2) is 0 Å². The van der Waals surface area contributed by atoms with Gasteiger partial charge in [-0.2, -0.15) is 11.8 Å². The molecule has 0 unspecified atom stereocenters. The fraction of sp³-hybridized carbons (Fsp3) is 0.667. The maximum atomic E-state index is 4.77. The van der Waals surface area contributed by atoms with Gasteiger partial charge in [0.15, 0.2) is 0 Å². The van der Waals surface area contributed by atoms with Crippen LogP contribution in [0, 0.1) is 0 Å².